The van der Waals surface area contributed by atoms with E-state index in [1.165, 1.54) is 5.57 Å². The summed E-state index contributed by atoms with van der Waals surface area (Å²) >= 11 is 0. The minimum atomic E-state index is -0.793. The monoisotopic (exact) mass is 275 g/mol. The molecule has 102 valence electrons. The second-order valence-corrected chi connectivity index (χ2v) is 4.97. The summed E-state index contributed by atoms with van der Waals surface area (Å²) in [5.41, 5.74) is 7.69. The number of hydrogen-bond acceptors (Lipinski definition) is 5. The number of rotatable bonds is 2. The molecule has 2 unspecified atom stereocenters. The van der Waals surface area contributed by atoms with Gasteiger partial charge in [-0.25, -0.2) is 14.6 Å². The molecule has 2 heterocycles. The third-order valence-corrected chi connectivity index (χ3v) is 3.72. The highest BCUT2D eigenvalue weighted by Crippen LogP contribution is 2.50. The third-order valence-electron chi connectivity index (χ3n) is 3.72. The van der Waals surface area contributed by atoms with Crippen LogP contribution < -0.4 is 21.9 Å². The van der Waals surface area contributed by atoms with Crippen LogP contribution in [0.15, 0.2) is 33.9 Å². The second kappa shape index (κ2) is 3.76. The van der Waals surface area contributed by atoms with Gasteiger partial charge in [0.15, 0.2) is 11.6 Å². The van der Waals surface area contributed by atoms with Crippen LogP contribution in [0.2, 0.25) is 0 Å². The van der Waals surface area contributed by atoms with E-state index in [1.54, 1.807) is 0 Å². The van der Waals surface area contributed by atoms with E-state index in [0.717, 1.165) is 18.2 Å². The number of hydrogen-bond donors (Lipinski definition) is 4. The SMILES string of the molecule is O=C(Nc1[nH]c(=O)ncc1F)C1=C2C=C3CC3C2NN1. The predicted molar refractivity (Wildman–Crippen MR) is 66.7 cm³/mol. The van der Waals surface area contributed by atoms with Gasteiger partial charge in [-0.15, -0.1) is 0 Å². The number of amides is 1. The summed E-state index contributed by atoms with van der Waals surface area (Å²) in [4.78, 5) is 28.5. The number of halogens is 1. The van der Waals surface area contributed by atoms with E-state index in [1.807, 2.05) is 6.08 Å². The summed E-state index contributed by atoms with van der Waals surface area (Å²) in [7, 11) is 0. The standard InChI is InChI=1S/C12H10FN5O2/c13-7-3-14-12(20)16-10(7)15-11(19)9-6-2-4-1-5(4)8(6)17-18-9/h2-3,5,8,17-18H,1H2,(H2,14,15,16,19,20). The van der Waals surface area contributed by atoms with Gasteiger partial charge in [0.05, 0.1) is 12.2 Å². The van der Waals surface area contributed by atoms with Gasteiger partial charge in [0.2, 0.25) is 0 Å². The Kier molecular flexibility index (Phi) is 2.14. The number of nitrogens with one attached hydrogen (secondary N) is 4. The van der Waals surface area contributed by atoms with Crippen LogP contribution in [0, 0.1) is 11.7 Å². The number of carbonyl (C=O) groups excluding carboxylic acids is 1. The lowest BCUT2D eigenvalue weighted by molar-refractivity contribution is -0.113. The van der Waals surface area contributed by atoms with Crippen molar-refractivity contribution < 1.29 is 9.18 Å². The van der Waals surface area contributed by atoms with E-state index in [4.69, 9.17) is 0 Å². The zero-order valence-electron chi connectivity index (χ0n) is 10.2. The maximum Gasteiger partial charge on any atom is 0.346 e. The van der Waals surface area contributed by atoms with E-state index in [9.17, 15) is 14.0 Å². The number of aromatic amines is 1. The number of carbonyl (C=O) groups is 1. The fourth-order valence-corrected chi connectivity index (χ4v) is 2.66. The van der Waals surface area contributed by atoms with E-state index >= 15 is 0 Å². The van der Waals surface area contributed by atoms with Crippen molar-refractivity contribution in [3.8, 4) is 0 Å². The number of aromatic nitrogens is 2. The first-order chi connectivity index (χ1) is 9.63. The van der Waals surface area contributed by atoms with Crippen molar-refractivity contribution in [2.24, 2.45) is 5.92 Å². The molecule has 1 amide bonds. The van der Waals surface area contributed by atoms with Gasteiger partial charge in [-0.2, -0.15) is 4.98 Å². The topological polar surface area (TPSA) is 98.9 Å². The lowest BCUT2D eigenvalue weighted by Gasteiger charge is -2.07. The fraction of sp³-hybridized carbons (Fsp3) is 0.250. The molecule has 4 rings (SSSR count). The molecule has 2 aliphatic carbocycles. The Hall–Kier alpha value is -2.48. The Morgan fingerprint density at radius 2 is 2.35 bits per heavy atom. The van der Waals surface area contributed by atoms with Crippen molar-refractivity contribution in [3.63, 3.8) is 0 Å². The molecule has 0 saturated heterocycles. The summed E-state index contributed by atoms with van der Waals surface area (Å²) in [6.07, 6.45) is 3.81. The molecule has 7 nitrogen and oxygen atoms in total. The first-order valence-corrected chi connectivity index (χ1v) is 6.16. The van der Waals surface area contributed by atoms with Gasteiger partial charge in [-0.3, -0.25) is 9.78 Å². The molecule has 0 radical (unpaired) electrons. The molecule has 8 heteroatoms. The quantitative estimate of drug-likeness (QED) is 0.585. The molecule has 0 spiro atoms. The summed E-state index contributed by atoms with van der Waals surface area (Å²) in [5, 5.41) is 2.34. The van der Waals surface area contributed by atoms with Gasteiger partial charge in [0, 0.05) is 11.5 Å². The van der Waals surface area contributed by atoms with Crippen molar-refractivity contribution in [3.05, 3.63) is 45.4 Å². The minimum absolute atomic E-state index is 0.118. The Labute approximate surface area is 112 Å². The van der Waals surface area contributed by atoms with Crippen LogP contribution in [0.25, 0.3) is 0 Å². The molecular weight excluding hydrogens is 265 g/mol. The van der Waals surface area contributed by atoms with Crippen molar-refractivity contribution >= 4 is 11.7 Å². The molecule has 1 aromatic heterocycles. The van der Waals surface area contributed by atoms with Crippen LogP contribution in [-0.2, 0) is 4.79 Å². The fourth-order valence-electron chi connectivity index (χ4n) is 2.66. The largest absolute Gasteiger partial charge is 0.346 e. The highest BCUT2D eigenvalue weighted by atomic mass is 19.1. The lowest BCUT2D eigenvalue weighted by Crippen LogP contribution is -2.35. The molecule has 1 aromatic rings. The highest BCUT2D eigenvalue weighted by molar-refractivity contribution is 6.04. The first kappa shape index (κ1) is 11.4. The predicted octanol–water partition coefficient (Wildman–Crippen LogP) is -0.462. The zero-order valence-corrected chi connectivity index (χ0v) is 10.2. The van der Waals surface area contributed by atoms with Gasteiger partial charge in [0.1, 0.15) is 5.70 Å². The molecule has 1 fully saturated rings. The van der Waals surface area contributed by atoms with E-state index in [-0.39, 0.29) is 11.9 Å². The Morgan fingerprint density at radius 1 is 1.50 bits per heavy atom. The molecule has 1 aliphatic heterocycles. The molecule has 4 N–H and O–H groups in total. The number of nitrogens with zero attached hydrogens (tertiary/aromatic N) is 1. The normalized spacial score (nSPS) is 25.8. The molecule has 0 aromatic carbocycles. The average Bonchev–Trinajstić information content (AvgIpc) is 2.90. The molecule has 20 heavy (non-hydrogen) atoms. The summed E-state index contributed by atoms with van der Waals surface area (Å²) in [6, 6.07) is 0.118. The maximum absolute atomic E-state index is 13.4. The lowest BCUT2D eigenvalue weighted by atomic mass is 10.1. The number of hydrazine groups is 1. The molecule has 0 bridgehead atoms. The number of anilines is 1. The maximum atomic E-state index is 13.4. The van der Waals surface area contributed by atoms with Crippen LogP contribution in [0.4, 0.5) is 10.2 Å². The highest BCUT2D eigenvalue weighted by Gasteiger charge is 2.48. The van der Waals surface area contributed by atoms with Crippen molar-refractivity contribution in [2.75, 3.05) is 5.32 Å². The van der Waals surface area contributed by atoms with Crippen LogP contribution in [0.5, 0.6) is 0 Å². The third kappa shape index (κ3) is 1.58. The van der Waals surface area contributed by atoms with E-state index in [2.05, 4.69) is 26.1 Å². The van der Waals surface area contributed by atoms with Gasteiger partial charge in [-0.05, 0) is 6.42 Å². The van der Waals surface area contributed by atoms with Crippen LogP contribution >= 0.6 is 0 Å². The van der Waals surface area contributed by atoms with Gasteiger partial charge in [-0.1, -0.05) is 11.6 Å². The minimum Gasteiger partial charge on any atom is -0.316 e. The first-order valence-electron chi connectivity index (χ1n) is 6.16. The van der Waals surface area contributed by atoms with Crippen molar-refractivity contribution in [2.45, 2.75) is 12.5 Å². The van der Waals surface area contributed by atoms with Gasteiger partial charge >= 0.3 is 5.69 Å². The number of H-pyrrole nitrogens is 1. The molecule has 2 atom stereocenters. The number of fused-ring (bicyclic) bond motifs is 3. The van der Waals surface area contributed by atoms with Gasteiger partial charge in [0.25, 0.3) is 5.91 Å². The summed E-state index contributed by atoms with van der Waals surface area (Å²) in [5.74, 6) is -1.11. The van der Waals surface area contributed by atoms with Crippen LogP contribution in [0.3, 0.4) is 0 Å². The summed E-state index contributed by atoms with van der Waals surface area (Å²) < 4.78 is 13.4. The van der Waals surface area contributed by atoms with Crippen LogP contribution in [-0.4, -0.2) is 21.9 Å². The Balaban J connectivity index is 1.63. The zero-order chi connectivity index (χ0) is 13.9. The van der Waals surface area contributed by atoms with E-state index < -0.39 is 17.4 Å². The van der Waals surface area contributed by atoms with Crippen molar-refractivity contribution in [1.29, 1.82) is 0 Å². The average molecular weight is 275 g/mol. The van der Waals surface area contributed by atoms with Crippen molar-refractivity contribution in [1.82, 2.24) is 20.8 Å². The molecule has 3 aliphatic rings. The van der Waals surface area contributed by atoms with Crippen LogP contribution in [0.1, 0.15) is 6.42 Å². The molecule has 1 saturated carbocycles. The van der Waals surface area contributed by atoms with E-state index in [0.29, 0.717) is 11.6 Å². The smallest absolute Gasteiger partial charge is 0.316 e. The summed E-state index contributed by atoms with van der Waals surface area (Å²) in [6.45, 7) is 0. The Morgan fingerprint density at radius 3 is 3.20 bits per heavy atom. The molecular formula is C12H10FN5O2. The van der Waals surface area contributed by atoms with Gasteiger partial charge < -0.3 is 10.7 Å². The second-order valence-electron chi connectivity index (χ2n) is 4.97. The Bertz CT molecular complexity index is 750.